The number of tetrazole rings is 1. The Bertz CT molecular complexity index is 733. The molecule has 0 unspecified atom stereocenters. The van der Waals surface area contributed by atoms with E-state index in [1.165, 1.54) is 37.7 Å². The maximum atomic E-state index is 12.4. The van der Waals surface area contributed by atoms with E-state index >= 15 is 0 Å². The van der Waals surface area contributed by atoms with Crippen molar-refractivity contribution >= 4 is 17.7 Å². The van der Waals surface area contributed by atoms with E-state index in [1.54, 1.807) is 11.8 Å². The van der Waals surface area contributed by atoms with Gasteiger partial charge in [-0.2, -0.15) is 0 Å². The molecule has 0 N–H and O–H groups in total. The molecule has 1 aliphatic heterocycles. The first-order valence-electron chi connectivity index (χ1n) is 9.60. The lowest BCUT2D eigenvalue weighted by Crippen LogP contribution is -2.27. The molecule has 6 nitrogen and oxygen atoms in total. The van der Waals surface area contributed by atoms with Crippen LogP contribution in [0.2, 0.25) is 0 Å². The minimum atomic E-state index is 0.156. The van der Waals surface area contributed by atoms with Gasteiger partial charge in [-0.25, -0.2) is 4.68 Å². The Balaban J connectivity index is 1.36. The zero-order valence-corrected chi connectivity index (χ0v) is 15.8. The van der Waals surface area contributed by atoms with Crippen LogP contribution >= 0.6 is 11.8 Å². The smallest absolute Gasteiger partial charge is 0.253 e. The van der Waals surface area contributed by atoms with E-state index in [1.807, 2.05) is 33.8 Å². The number of carbonyl (C=O) groups is 1. The predicted molar refractivity (Wildman–Crippen MR) is 101 cm³/mol. The van der Waals surface area contributed by atoms with Crippen LogP contribution in [0.3, 0.4) is 0 Å². The van der Waals surface area contributed by atoms with Crippen LogP contribution in [-0.4, -0.2) is 44.1 Å². The molecule has 4 rings (SSSR count). The van der Waals surface area contributed by atoms with Gasteiger partial charge in [-0.15, -0.1) is 5.10 Å². The molecular formula is C19H25N5OS. The van der Waals surface area contributed by atoms with Crippen molar-refractivity contribution in [2.45, 2.75) is 61.9 Å². The number of hydrogen-bond acceptors (Lipinski definition) is 5. The van der Waals surface area contributed by atoms with Crippen molar-refractivity contribution in [2.24, 2.45) is 0 Å². The molecule has 7 heteroatoms. The molecule has 2 heterocycles. The first-order chi connectivity index (χ1) is 12.8. The molecule has 0 atom stereocenters. The van der Waals surface area contributed by atoms with Crippen molar-refractivity contribution < 1.29 is 4.79 Å². The first kappa shape index (κ1) is 17.5. The van der Waals surface area contributed by atoms with Gasteiger partial charge in [-0.3, -0.25) is 4.79 Å². The largest absolute Gasteiger partial charge is 0.339 e. The molecule has 26 heavy (non-hydrogen) atoms. The van der Waals surface area contributed by atoms with E-state index < -0.39 is 0 Å². The lowest BCUT2D eigenvalue weighted by Gasteiger charge is -2.22. The van der Waals surface area contributed by atoms with Crippen LogP contribution in [0.4, 0.5) is 0 Å². The van der Waals surface area contributed by atoms with Crippen molar-refractivity contribution in [1.82, 2.24) is 25.1 Å². The first-order valence-corrected chi connectivity index (χ1v) is 10.6. The molecule has 1 aromatic heterocycles. The second kappa shape index (κ2) is 8.20. The maximum absolute atomic E-state index is 12.4. The third kappa shape index (κ3) is 3.92. The molecule has 138 valence electrons. The van der Waals surface area contributed by atoms with Gasteiger partial charge >= 0.3 is 0 Å². The zero-order valence-electron chi connectivity index (χ0n) is 15.0. The van der Waals surface area contributed by atoms with Gasteiger partial charge in [0.05, 0.1) is 6.04 Å². The molecule has 2 aromatic rings. The van der Waals surface area contributed by atoms with E-state index in [4.69, 9.17) is 0 Å². The highest BCUT2D eigenvalue weighted by molar-refractivity contribution is 7.98. The van der Waals surface area contributed by atoms with Crippen molar-refractivity contribution in [1.29, 1.82) is 0 Å². The van der Waals surface area contributed by atoms with Gasteiger partial charge < -0.3 is 4.90 Å². The van der Waals surface area contributed by atoms with Gasteiger partial charge in [-0.05, 0) is 53.8 Å². The molecular weight excluding hydrogens is 346 g/mol. The molecule has 1 amide bonds. The number of aromatic nitrogens is 4. The number of hydrogen-bond donors (Lipinski definition) is 0. The van der Waals surface area contributed by atoms with Gasteiger partial charge in [0.2, 0.25) is 5.16 Å². The van der Waals surface area contributed by atoms with Crippen LogP contribution in [-0.2, 0) is 5.75 Å². The summed E-state index contributed by atoms with van der Waals surface area (Å²) in [6.07, 6.45) is 8.44. The minimum Gasteiger partial charge on any atom is -0.339 e. The summed E-state index contributed by atoms with van der Waals surface area (Å²) in [5.74, 6) is 0.966. The third-order valence-electron chi connectivity index (χ3n) is 5.35. The summed E-state index contributed by atoms with van der Waals surface area (Å²) in [5, 5.41) is 13.2. The Morgan fingerprint density at radius 1 is 1.04 bits per heavy atom. The zero-order chi connectivity index (χ0) is 17.8. The number of thioether (sulfide) groups is 1. The van der Waals surface area contributed by atoms with Crippen LogP contribution in [0, 0.1) is 0 Å². The highest BCUT2D eigenvalue weighted by Crippen LogP contribution is 2.31. The fourth-order valence-electron chi connectivity index (χ4n) is 3.83. The average Bonchev–Trinajstić information content (AvgIpc) is 3.39. The SMILES string of the molecule is O=C(c1ccc(CSc2nnnn2C2CCCCC2)cc1)N1CCCC1. The molecule has 2 aliphatic rings. The van der Waals surface area contributed by atoms with Crippen LogP contribution < -0.4 is 0 Å². The summed E-state index contributed by atoms with van der Waals surface area (Å²) in [6, 6.07) is 8.43. The Hall–Kier alpha value is -1.89. The van der Waals surface area contributed by atoms with E-state index in [0.29, 0.717) is 6.04 Å². The molecule has 1 saturated carbocycles. The maximum Gasteiger partial charge on any atom is 0.253 e. The number of nitrogens with zero attached hydrogens (tertiary/aromatic N) is 5. The van der Waals surface area contributed by atoms with Crippen molar-refractivity contribution in [2.75, 3.05) is 13.1 Å². The lowest BCUT2D eigenvalue weighted by molar-refractivity contribution is 0.0793. The number of rotatable bonds is 5. The highest BCUT2D eigenvalue weighted by atomic mass is 32.2. The van der Waals surface area contributed by atoms with Gasteiger partial charge in [0.15, 0.2) is 0 Å². The van der Waals surface area contributed by atoms with Crippen molar-refractivity contribution in [3.8, 4) is 0 Å². The highest BCUT2D eigenvalue weighted by Gasteiger charge is 2.21. The van der Waals surface area contributed by atoms with Crippen LogP contribution in [0.25, 0.3) is 0 Å². The summed E-state index contributed by atoms with van der Waals surface area (Å²) >= 11 is 1.67. The number of carbonyl (C=O) groups excluding carboxylic acids is 1. The molecule has 2 fully saturated rings. The monoisotopic (exact) mass is 371 g/mol. The Labute approximate surface area is 158 Å². The normalized spacial score (nSPS) is 18.4. The van der Waals surface area contributed by atoms with Gasteiger partial charge in [-0.1, -0.05) is 43.2 Å². The molecule has 1 aliphatic carbocycles. The van der Waals surface area contributed by atoms with Crippen LogP contribution in [0.15, 0.2) is 29.4 Å². The molecule has 0 bridgehead atoms. The Morgan fingerprint density at radius 3 is 2.50 bits per heavy atom. The summed E-state index contributed by atoms with van der Waals surface area (Å²) in [6.45, 7) is 1.78. The third-order valence-corrected chi connectivity index (χ3v) is 6.35. The summed E-state index contributed by atoms with van der Waals surface area (Å²) in [7, 11) is 0. The molecule has 0 spiro atoms. The van der Waals surface area contributed by atoms with Gasteiger partial charge in [0.1, 0.15) is 0 Å². The van der Waals surface area contributed by atoms with Crippen LogP contribution in [0.5, 0.6) is 0 Å². The van der Waals surface area contributed by atoms with Crippen molar-refractivity contribution in [3.63, 3.8) is 0 Å². The quantitative estimate of drug-likeness (QED) is 0.750. The predicted octanol–water partition coefficient (Wildman–Crippen LogP) is 3.71. The van der Waals surface area contributed by atoms with Gasteiger partial charge in [0.25, 0.3) is 5.91 Å². The van der Waals surface area contributed by atoms with Crippen LogP contribution in [0.1, 0.15) is 66.9 Å². The van der Waals surface area contributed by atoms with Crippen molar-refractivity contribution in [3.05, 3.63) is 35.4 Å². The Morgan fingerprint density at radius 2 is 1.77 bits per heavy atom. The topological polar surface area (TPSA) is 63.9 Å². The van der Waals surface area contributed by atoms with E-state index in [2.05, 4.69) is 15.5 Å². The van der Waals surface area contributed by atoms with E-state index in [9.17, 15) is 4.79 Å². The lowest BCUT2D eigenvalue weighted by atomic mass is 9.96. The fraction of sp³-hybridized carbons (Fsp3) is 0.579. The van der Waals surface area contributed by atoms with E-state index in [0.717, 1.165) is 42.4 Å². The standard InChI is InChI=1S/C19H25N5OS/c25-18(23-12-4-5-13-23)16-10-8-15(9-11-16)14-26-19-20-21-22-24(19)17-6-2-1-3-7-17/h8-11,17H,1-7,12-14H2. The second-order valence-electron chi connectivity index (χ2n) is 7.18. The minimum absolute atomic E-state index is 0.156. The van der Waals surface area contributed by atoms with E-state index in [-0.39, 0.29) is 5.91 Å². The van der Waals surface area contributed by atoms with Gasteiger partial charge in [0, 0.05) is 24.4 Å². The number of amides is 1. The molecule has 1 saturated heterocycles. The fourth-order valence-corrected chi connectivity index (χ4v) is 4.73. The summed E-state index contributed by atoms with van der Waals surface area (Å²) in [5.41, 5.74) is 1.97. The second-order valence-corrected chi connectivity index (χ2v) is 8.13. The number of benzene rings is 1. The summed E-state index contributed by atoms with van der Waals surface area (Å²) < 4.78 is 2.01. The average molecular weight is 372 g/mol. The molecule has 1 aromatic carbocycles. The Kier molecular flexibility index (Phi) is 5.53. The molecule has 0 radical (unpaired) electrons. The summed E-state index contributed by atoms with van der Waals surface area (Å²) in [4.78, 5) is 14.4. The number of likely N-dealkylation sites (tertiary alicyclic amines) is 1.